The second-order valence-electron chi connectivity index (χ2n) is 2.86. The van der Waals surface area contributed by atoms with Gasteiger partial charge >= 0.3 is 0 Å². The molecule has 0 unspecified atom stereocenters. The van der Waals surface area contributed by atoms with Crippen LogP contribution in [-0.2, 0) is 20.1 Å². The Morgan fingerprint density at radius 1 is 1.47 bits per heavy atom. The van der Waals surface area contributed by atoms with Crippen LogP contribution in [0.2, 0.25) is 5.02 Å². The molecule has 0 aliphatic carbocycles. The fraction of sp³-hybridized carbons (Fsp3) is 0.333. The highest BCUT2D eigenvalue weighted by Gasteiger charge is 2.12. The molecule has 1 rings (SSSR count). The van der Waals surface area contributed by atoms with Gasteiger partial charge in [0.25, 0.3) is 10.1 Å². The molecule has 84 valence electrons. The second-order valence-corrected chi connectivity index (χ2v) is 4.90. The third-order valence-electron chi connectivity index (χ3n) is 1.62. The molecule has 0 radical (unpaired) electrons. The van der Waals surface area contributed by atoms with Crippen molar-refractivity contribution in [2.75, 3.05) is 6.61 Å². The van der Waals surface area contributed by atoms with Gasteiger partial charge < -0.3 is 0 Å². The molecular weight excluding hydrogens is 243 g/mol. The third-order valence-corrected chi connectivity index (χ3v) is 3.21. The molecule has 1 aromatic rings. The summed E-state index contributed by atoms with van der Waals surface area (Å²) >= 11 is 5.46. The number of hydrogen-bond acceptors (Lipinski definition) is 3. The van der Waals surface area contributed by atoms with Crippen LogP contribution in [0.5, 0.6) is 0 Å². The van der Waals surface area contributed by atoms with Crippen LogP contribution >= 0.6 is 11.6 Å². The monoisotopic (exact) mass is 252 g/mol. The predicted octanol–water partition coefficient (Wildman–Crippen LogP) is 2.35. The molecule has 0 aromatic heterocycles. The Kier molecular flexibility index (Phi) is 4.07. The van der Waals surface area contributed by atoms with Gasteiger partial charge in [-0.15, -0.1) is 0 Å². The van der Waals surface area contributed by atoms with Crippen molar-refractivity contribution in [2.24, 2.45) is 0 Å². The van der Waals surface area contributed by atoms with Crippen LogP contribution in [0.15, 0.2) is 18.2 Å². The van der Waals surface area contributed by atoms with Gasteiger partial charge in [0.15, 0.2) is 0 Å². The lowest BCUT2D eigenvalue weighted by Crippen LogP contribution is -2.08. The van der Waals surface area contributed by atoms with E-state index in [1.807, 2.05) is 0 Å². The van der Waals surface area contributed by atoms with Gasteiger partial charge in [0.1, 0.15) is 11.6 Å². The summed E-state index contributed by atoms with van der Waals surface area (Å²) in [7, 11) is -3.62. The zero-order valence-electron chi connectivity index (χ0n) is 8.04. The molecule has 0 aliphatic heterocycles. The molecule has 0 aliphatic rings. The average Bonchev–Trinajstić information content (AvgIpc) is 2.10. The fourth-order valence-electron chi connectivity index (χ4n) is 1.05. The summed E-state index contributed by atoms with van der Waals surface area (Å²) in [5, 5.41) is -0.0347. The van der Waals surface area contributed by atoms with Crippen LogP contribution in [0.1, 0.15) is 12.5 Å². The molecule has 0 amide bonds. The summed E-state index contributed by atoms with van der Waals surface area (Å²) < 4.78 is 39.9. The van der Waals surface area contributed by atoms with E-state index in [-0.39, 0.29) is 17.4 Å². The SMILES string of the molecule is CCOS(=O)(=O)Cc1ccc(Cl)c(F)c1. The third kappa shape index (κ3) is 3.77. The molecule has 6 heteroatoms. The normalized spacial score (nSPS) is 11.7. The van der Waals surface area contributed by atoms with Crippen molar-refractivity contribution in [2.45, 2.75) is 12.7 Å². The molecule has 0 bridgehead atoms. The first-order chi connectivity index (χ1) is 6.94. The van der Waals surface area contributed by atoms with E-state index in [4.69, 9.17) is 11.6 Å². The highest BCUT2D eigenvalue weighted by atomic mass is 35.5. The van der Waals surface area contributed by atoms with Gasteiger partial charge in [-0.1, -0.05) is 17.7 Å². The lowest BCUT2D eigenvalue weighted by molar-refractivity contribution is 0.337. The Morgan fingerprint density at radius 2 is 2.13 bits per heavy atom. The van der Waals surface area contributed by atoms with Gasteiger partial charge in [0, 0.05) is 0 Å². The first-order valence-corrected chi connectivity index (χ1v) is 6.21. The van der Waals surface area contributed by atoms with Gasteiger partial charge in [-0.2, -0.15) is 8.42 Å². The Morgan fingerprint density at radius 3 is 2.67 bits per heavy atom. The smallest absolute Gasteiger partial charge is 0.270 e. The maximum atomic E-state index is 13.0. The zero-order valence-corrected chi connectivity index (χ0v) is 9.61. The molecule has 0 atom stereocenters. The first-order valence-electron chi connectivity index (χ1n) is 4.25. The van der Waals surface area contributed by atoms with Gasteiger partial charge in [0.05, 0.1) is 11.6 Å². The lowest BCUT2D eigenvalue weighted by Gasteiger charge is -2.04. The topological polar surface area (TPSA) is 43.4 Å². The lowest BCUT2D eigenvalue weighted by atomic mass is 10.2. The van der Waals surface area contributed by atoms with Crippen molar-refractivity contribution in [3.63, 3.8) is 0 Å². The van der Waals surface area contributed by atoms with Crippen molar-refractivity contribution in [1.82, 2.24) is 0 Å². The number of hydrogen-bond donors (Lipinski definition) is 0. The van der Waals surface area contributed by atoms with Crippen LogP contribution in [0.25, 0.3) is 0 Å². The standard InChI is InChI=1S/C9H10ClFO3S/c1-2-14-15(12,13)6-7-3-4-8(10)9(11)5-7/h3-5H,2,6H2,1H3. The van der Waals surface area contributed by atoms with Crippen molar-refractivity contribution in [3.05, 3.63) is 34.6 Å². The minimum Gasteiger partial charge on any atom is -0.270 e. The molecule has 3 nitrogen and oxygen atoms in total. The average molecular weight is 253 g/mol. The molecule has 0 N–H and O–H groups in total. The Hall–Kier alpha value is -0.650. The quantitative estimate of drug-likeness (QED) is 0.773. The minimum atomic E-state index is -3.62. The molecule has 15 heavy (non-hydrogen) atoms. The Balaban J connectivity index is 2.86. The van der Waals surface area contributed by atoms with E-state index < -0.39 is 15.9 Å². The molecule has 0 fully saturated rings. The van der Waals surface area contributed by atoms with Crippen molar-refractivity contribution in [3.8, 4) is 0 Å². The van der Waals surface area contributed by atoms with E-state index in [1.54, 1.807) is 6.92 Å². The van der Waals surface area contributed by atoms with Crippen molar-refractivity contribution in [1.29, 1.82) is 0 Å². The van der Waals surface area contributed by atoms with Gasteiger partial charge in [0.2, 0.25) is 0 Å². The Labute approximate surface area is 92.9 Å². The largest absolute Gasteiger partial charge is 0.271 e. The number of rotatable bonds is 4. The van der Waals surface area contributed by atoms with Crippen LogP contribution in [0, 0.1) is 5.82 Å². The first kappa shape index (κ1) is 12.4. The van der Waals surface area contributed by atoms with Crippen LogP contribution in [0.4, 0.5) is 4.39 Å². The molecule has 0 spiro atoms. The second kappa shape index (κ2) is 4.92. The summed E-state index contributed by atoms with van der Waals surface area (Å²) in [4.78, 5) is 0. The minimum absolute atomic E-state index is 0.0347. The van der Waals surface area contributed by atoms with Gasteiger partial charge in [-0.3, -0.25) is 4.18 Å². The Bertz CT molecular complexity index is 445. The molecule has 0 saturated heterocycles. The summed E-state index contributed by atoms with van der Waals surface area (Å²) in [5.74, 6) is -0.990. The molecule has 0 heterocycles. The maximum absolute atomic E-state index is 13.0. The van der Waals surface area contributed by atoms with Crippen molar-refractivity contribution >= 4 is 21.7 Å². The summed E-state index contributed by atoms with van der Waals surface area (Å²) in [6.45, 7) is 1.64. The van der Waals surface area contributed by atoms with E-state index in [0.29, 0.717) is 5.56 Å². The van der Waals surface area contributed by atoms with E-state index >= 15 is 0 Å². The maximum Gasteiger partial charge on any atom is 0.271 e. The van der Waals surface area contributed by atoms with Crippen LogP contribution in [-0.4, -0.2) is 15.0 Å². The molecule has 1 aromatic carbocycles. The van der Waals surface area contributed by atoms with E-state index in [2.05, 4.69) is 4.18 Å². The van der Waals surface area contributed by atoms with Gasteiger partial charge in [-0.05, 0) is 24.6 Å². The highest BCUT2D eigenvalue weighted by Crippen LogP contribution is 2.17. The van der Waals surface area contributed by atoms with E-state index in [9.17, 15) is 12.8 Å². The number of halogens is 2. The van der Waals surface area contributed by atoms with E-state index in [0.717, 1.165) is 6.07 Å². The number of benzene rings is 1. The summed E-state index contributed by atoms with van der Waals surface area (Å²) in [5.41, 5.74) is 0.311. The summed E-state index contributed by atoms with van der Waals surface area (Å²) in [6.07, 6.45) is 0. The van der Waals surface area contributed by atoms with Crippen LogP contribution in [0.3, 0.4) is 0 Å². The van der Waals surface area contributed by atoms with E-state index in [1.165, 1.54) is 12.1 Å². The fourth-order valence-corrected chi connectivity index (χ4v) is 2.20. The molecular formula is C9H10ClFO3S. The zero-order chi connectivity index (χ0) is 11.5. The van der Waals surface area contributed by atoms with Crippen molar-refractivity contribution < 1.29 is 17.0 Å². The van der Waals surface area contributed by atoms with Crippen LogP contribution < -0.4 is 0 Å². The summed E-state index contributed by atoms with van der Waals surface area (Å²) in [6, 6.07) is 3.84. The highest BCUT2D eigenvalue weighted by molar-refractivity contribution is 7.85. The molecule has 0 saturated carbocycles. The predicted molar refractivity (Wildman–Crippen MR) is 55.7 cm³/mol. The van der Waals surface area contributed by atoms with Gasteiger partial charge in [-0.25, -0.2) is 4.39 Å².